The number of unbranched alkanes of at least 4 members (excludes halogenated alkanes) is 54. The van der Waals surface area contributed by atoms with E-state index in [4.69, 9.17) is 28.4 Å². The van der Waals surface area contributed by atoms with Crippen LogP contribution in [0.3, 0.4) is 0 Å². The zero-order valence-electron chi connectivity index (χ0n) is 64.9. The summed E-state index contributed by atoms with van der Waals surface area (Å²) < 4.78 is 34.5. The van der Waals surface area contributed by atoms with Gasteiger partial charge in [0.05, 0.1) is 38.6 Å². The Hall–Kier alpha value is -1.47. The number of carbonyl (C=O) groups is 1. The van der Waals surface area contributed by atoms with Crippen molar-refractivity contribution >= 4 is 5.91 Å². The third-order valence-electron chi connectivity index (χ3n) is 21.8. The second kappa shape index (κ2) is 64.4. The minimum absolute atomic E-state index is 0.250. The van der Waals surface area contributed by atoms with Gasteiger partial charge in [-0.1, -0.05) is 366 Å². The summed E-state index contributed by atoms with van der Waals surface area (Å²) in [7, 11) is 0. The van der Waals surface area contributed by atoms with E-state index in [1.807, 2.05) is 6.08 Å². The number of hydrogen-bond donors (Lipinski definition) is 12. The van der Waals surface area contributed by atoms with Crippen molar-refractivity contribution in [3.63, 3.8) is 0 Å². The molecule has 17 atom stereocenters. The van der Waals surface area contributed by atoms with E-state index < -0.39 is 124 Å². The van der Waals surface area contributed by atoms with E-state index in [-0.39, 0.29) is 18.9 Å². The van der Waals surface area contributed by atoms with Crippen molar-refractivity contribution < 1.29 is 89.4 Å². The first kappa shape index (κ1) is 94.7. The van der Waals surface area contributed by atoms with Gasteiger partial charge in [0.15, 0.2) is 18.9 Å². The first-order chi connectivity index (χ1) is 49.8. The molecular weight excluding hydrogens is 1300 g/mol. The van der Waals surface area contributed by atoms with Gasteiger partial charge in [0.2, 0.25) is 5.91 Å². The third kappa shape index (κ3) is 43.7. The molecule has 19 nitrogen and oxygen atoms in total. The molecule has 0 aromatic carbocycles. The lowest BCUT2D eigenvalue weighted by molar-refractivity contribution is -0.379. The topological polar surface area (TPSA) is 307 Å². The first-order valence-electron chi connectivity index (χ1n) is 42.9. The summed E-state index contributed by atoms with van der Waals surface area (Å²) >= 11 is 0. The van der Waals surface area contributed by atoms with Crippen molar-refractivity contribution in [3.05, 3.63) is 12.2 Å². The normalized spacial score (nSPS) is 26.1. The standard InChI is InChI=1S/C83H159NO18/c1-3-5-7-9-11-13-15-17-19-21-22-23-24-25-26-27-28-29-30-31-32-33-34-35-36-37-38-39-40-41-42-43-45-47-49-51-53-55-57-59-61-71(89)84-66(67(88)60-58-56-54-52-50-48-46-44-20-18-16-14-12-10-8-6-4-2)65-97-81-77(95)74(92)79(69(63-86)99-81)102-83-78(96)75(93)80(70(64-87)100-83)101-82-76(94)73(91)72(90)68(62-85)98-82/h58,60,66-70,72-83,85-88,90-96H,3-57,59,61-65H2,1-2H3,(H,84,89)/b60-58+. The highest BCUT2D eigenvalue weighted by atomic mass is 16.8. The lowest BCUT2D eigenvalue weighted by Gasteiger charge is -2.48. The summed E-state index contributed by atoms with van der Waals surface area (Å²) in [6.07, 6.45) is 51.0. The Bertz CT molecular complexity index is 1890. The zero-order valence-corrected chi connectivity index (χ0v) is 64.9. The van der Waals surface area contributed by atoms with Crippen molar-refractivity contribution in [1.29, 1.82) is 0 Å². The van der Waals surface area contributed by atoms with Crippen LogP contribution in [0.4, 0.5) is 0 Å². The van der Waals surface area contributed by atoms with Crippen LogP contribution in [0.2, 0.25) is 0 Å². The number of ether oxygens (including phenoxy) is 6. The Kier molecular flexibility index (Phi) is 59.8. The van der Waals surface area contributed by atoms with Crippen molar-refractivity contribution in [2.45, 2.75) is 484 Å². The van der Waals surface area contributed by atoms with Crippen molar-refractivity contribution in [3.8, 4) is 0 Å². The van der Waals surface area contributed by atoms with Crippen molar-refractivity contribution in [2.75, 3.05) is 26.4 Å². The van der Waals surface area contributed by atoms with E-state index in [1.165, 1.54) is 308 Å². The molecule has 1 amide bonds. The molecule has 3 rings (SSSR count). The summed E-state index contributed by atoms with van der Waals surface area (Å²) in [6.45, 7) is 1.80. The highest BCUT2D eigenvalue weighted by Crippen LogP contribution is 2.34. The molecule has 0 saturated carbocycles. The largest absolute Gasteiger partial charge is 0.394 e. The van der Waals surface area contributed by atoms with Gasteiger partial charge >= 0.3 is 0 Å². The summed E-state index contributed by atoms with van der Waals surface area (Å²) in [5, 5.41) is 121. The second-order valence-electron chi connectivity index (χ2n) is 31.0. The Morgan fingerprint density at radius 2 is 0.608 bits per heavy atom. The molecule has 17 unspecified atom stereocenters. The molecule has 3 aliphatic heterocycles. The van der Waals surface area contributed by atoms with E-state index in [2.05, 4.69) is 19.2 Å². The molecule has 12 N–H and O–H groups in total. The molecule has 3 saturated heterocycles. The maximum absolute atomic E-state index is 13.5. The Morgan fingerprint density at radius 1 is 0.343 bits per heavy atom. The average molecular weight is 1460 g/mol. The monoisotopic (exact) mass is 1460 g/mol. The fraction of sp³-hybridized carbons (Fsp3) is 0.964. The number of rotatable bonds is 70. The van der Waals surface area contributed by atoms with Crippen LogP contribution in [0.1, 0.15) is 380 Å². The van der Waals surface area contributed by atoms with Crippen LogP contribution < -0.4 is 5.32 Å². The summed E-state index contributed by atoms with van der Waals surface area (Å²) in [6, 6.07) is -0.970. The molecule has 604 valence electrons. The molecule has 0 bridgehead atoms. The van der Waals surface area contributed by atoms with E-state index >= 15 is 0 Å². The number of allylic oxidation sites excluding steroid dienone is 1. The van der Waals surface area contributed by atoms with Crippen LogP contribution in [-0.4, -0.2) is 193 Å². The molecule has 0 radical (unpaired) electrons. The summed E-state index contributed by atoms with van der Waals surface area (Å²) in [4.78, 5) is 13.5. The predicted octanol–water partition coefficient (Wildman–Crippen LogP) is 15.1. The Morgan fingerprint density at radius 3 is 0.922 bits per heavy atom. The molecule has 0 aromatic rings. The van der Waals surface area contributed by atoms with Crippen LogP contribution in [-0.2, 0) is 33.2 Å². The van der Waals surface area contributed by atoms with Gasteiger partial charge in [0, 0.05) is 6.42 Å². The van der Waals surface area contributed by atoms with E-state index in [9.17, 15) is 61.0 Å². The fourth-order valence-corrected chi connectivity index (χ4v) is 15.0. The van der Waals surface area contributed by atoms with Gasteiger partial charge in [-0.2, -0.15) is 0 Å². The molecule has 102 heavy (non-hydrogen) atoms. The molecule has 0 aliphatic carbocycles. The van der Waals surface area contributed by atoms with E-state index in [0.29, 0.717) is 6.42 Å². The SMILES string of the molecule is CCCCCCCCCCCCCCCCC/C=C/C(O)C(COC1OC(CO)C(OC2OC(CO)C(OC3OC(CO)C(O)C(O)C3O)C(O)C2O)C(O)C1O)NC(=O)CCCCCCCCCCCCCCCCCCCCCCCCCCCCCCCCCCCCCCCCCC. The molecule has 3 fully saturated rings. The highest BCUT2D eigenvalue weighted by molar-refractivity contribution is 5.76. The van der Waals surface area contributed by atoms with Crippen LogP contribution in [0, 0.1) is 0 Å². The maximum atomic E-state index is 13.5. The van der Waals surface area contributed by atoms with Gasteiger partial charge in [-0.05, 0) is 19.3 Å². The quantitative estimate of drug-likeness (QED) is 0.0199. The molecule has 3 aliphatic rings. The molecule has 0 aromatic heterocycles. The number of amides is 1. The van der Waals surface area contributed by atoms with Crippen LogP contribution in [0.5, 0.6) is 0 Å². The highest BCUT2D eigenvalue weighted by Gasteiger charge is 2.54. The van der Waals surface area contributed by atoms with Gasteiger partial charge in [-0.3, -0.25) is 4.79 Å². The number of hydrogen-bond acceptors (Lipinski definition) is 18. The van der Waals surface area contributed by atoms with Gasteiger partial charge < -0.3 is 89.9 Å². The summed E-state index contributed by atoms with van der Waals surface area (Å²) in [5.41, 5.74) is 0. The molecule has 3 heterocycles. The van der Waals surface area contributed by atoms with Crippen molar-refractivity contribution in [1.82, 2.24) is 5.32 Å². The number of aliphatic hydroxyl groups is 11. The van der Waals surface area contributed by atoms with Crippen molar-refractivity contribution in [2.24, 2.45) is 0 Å². The summed E-state index contributed by atoms with van der Waals surface area (Å²) in [5.74, 6) is -0.266. The molecule has 19 heteroatoms. The molecular formula is C83H159NO18. The van der Waals surface area contributed by atoms with Crippen LogP contribution in [0.15, 0.2) is 12.2 Å². The molecule has 0 spiro atoms. The minimum Gasteiger partial charge on any atom is -0.394 e. The van der Waals surface area contributed by atoms with Crippen LogP contribution in [0.25, 0.3) is 0 Å². The van der Waals surface area contributed by atoms with Gasteiger partial charge in [0.1, 0.15) is 73.2 Å². The van der Waals surface area contributed by atoms with Crippen LogP contribution >= 0.6 is 0 Å². The third-order valence-corrected chi connectivity index (χ3v) is 21.8. The smallest absolute Gasteiger partial charge is 0.220 e. The average Bonchev–Trinajstić information content (AvgIpc) is 0.782. The van der Waals surface area contributed by atoms with E-state index in [0.717, 1.165) is 44.9 Å². The van der Waals surface area contributed by atoms with E-state index in [1.54, 1.807) is 6.08 Å². The van der Waals surface area contributed by atoms with Gasteiger partial charge in [0.25, 0.3) is 0 Å². The Labute approximate surface area is 620 Å². The first-order valence-corrected chi connectivity index (χ1v) is 42.9. The second-order valence-corrected chi connectivity index (χ2v) is 31.0. The fourth-order valence-electron chi connectivity index (χ4n) is 15.0. The zero-order chi connectivity index (χ0) is 73.9. The minimum atomic E-state index is -1.98. The lowest BCUT2D eigenvalue weighted by Crippen LogP contribution is -2.66. The number of nitrogens with one attached hydrogen (secondary N) is 1. The Balaban J connectivity index is 1.28. The number of carbonyl (C=O) groups excluding carboxylic acids is 1. The number of aliphatic hydroxyl groups excluding tert-OH is 11. The van der Waals surface area contributed by atoms with Gasteiger partial charge in [-0.15, -0.1) is 0 Å². The lowest BCUT2D eigenvalue weighted by atomic mass is 9.96. The predicted molar refractivity (Wildman–Crippen MR) is 407 cm³/mol. The maximum Gasteiger partial charge on any atom is 0.220 e. The van der Waals surface area contributed by atoms with Gasteiger partial charge in [-0.25, -0.2) is 0 Å².